The Kier molecular flexibility index (Phi) is 4.45. The second-order valence-corrected chi connectivity index (χ2v) is 3.34. The van der Waals surface area contributed by atoms with Crippen molar-refractivity contribution in [3.63, 3.8) is 0 Å². The molecule has 1 aromatic rings. The highest BCUT2D eigenvalue weighted by atomic mass is 16.5. The molecular formula is C13H17NO2. The Balaban J connectivity index is 3.09. The first-order valence-corrected chi connectivity index (χ1v) is 5.06. The maximum absolute atomic E-state index is 9.48. The lowest BCUT2D eigenvalue weighted by molar-refractivity contribution is 0.412. The SMILES string of the molecule is C=CCN(CC=C)c1cc(O)ccc1OC. The molecule has 0 aromatic heterocycles. The Morgan fingerprint density at radius 1 is 1.31 bits per heavy atom. The molecule has 0 fully saturated rings. The van der Waals surface area contributed by atoms with Crippen LogP contribution in [0.5, 0.6) is 11.5 Å². The molecule has 16 heavy (non-hydrogen) atoms. The van der Waals surface area contributed by atoms with E-state index in [0.29, 0.717) is 13.1 Å². The third-order valence-electron chi connectivity index (χ3n) is 2.20. The van der Waals surface area contributed by atoms with Crippen LogP contribution in [0.1, 0.15) is 0 Å². The van der Waals surface area contributed by atoms with Gasteiger partial charge in [-0.3, -0.25) is 0 Å². The first kappa shape index (κ1) is 12.2. The van der Waals surface area contributed by atoms with Gasteiger partial charge < -0.3 is 14.7 Å². The summed E-state index contributed by atoms with van der Waals surface area (Å²) in [4.78, 5) is 2.01. The number of anilines is 1. The summed E-state index contributed by atoms with van der Waals surface area (Å²) in [5.41, 5.74) is 0.835. The van der Waals surface area contributed by atoms with Gasteiger partial charge in [-0.1, -0.05) is 12.2 Å². The van der Waals surface area contributed by atoms with Crippen LogP contribution in [-0.2, 0) is 0 Å². The second-order valence-electron chi connectivity index (χ2n) is 3.34. The molecule has 3 nitrogen and oxygen atoms in total. The van der Waals surface area contributed by atoms with E-state index in [4.69, 9.17) is 4.74 Å². The van der Waals surface area contributed by atoms with Crippen molar-refractivity contribution in [3.8, 4) is 11.5 Å². The average Bonchev–Trinajstić information content (AvgIpc) is 2.29. The van der Waals surface area contributed by atoms with E-state index in [1.54, 1.807) is 37.5 Å². The molecule has 3 heteroatoms. The first-order chi connectivity index (χ1) is 7.72. The van der Waals surface area contributed by atoms with E-state index in [0.717, 1.165) is 11.4 Å². The lowest BCUT2D eigenvalue weighted by Gasteiger charge is -2.23. The second kappa shape index (κ2) is 5.85. The third-order valence-corrected chi connectivity index (χ3v) is 2.20. The van der Waals surface area contributed by atoms with Gasteiger partial charge >= 0.3 is 0 Å². The minimum absolute atomic E-state index is 0.217. The monoisotopic (exact) mass is 219 g/mol. The number of hydrogen-bond donors (Lipinski definition) is 1. The van der Waals surface area contributed by atoms with Gasteiger partial charge in [-0.2, -0.15) is 0 Å². The van der Waals surface area contributed by atoms with Crippen LogP contribution in [0.15, 0.2) is 43.5 Å². The maximum atomic E-state index is 9.48. The summed E-state index contributed by atoms with van der Waals surface area (Å²) in [6.45, 7) is 8.76. The quantitative estimate of drug-likeness (QED) is 0.746. The fraction of sp³-hybridized carbons (Fsp3) is 0.231. The van der Waals surface area contributed by atoms with Gasteiger partial charge in [-0.15, -0.1) is 13.2 Å². The number of benzene rings is 1. The third kappa shape index (κ3) is 2.79. The minimum Gasteiger partial charge on any atom is -0.508 e. The van der Waals surface area contributed by atoms with E-state index >= 15 is 0 Å². The summed E-state index contributed by atoms with van der Waals surface area (Å²) in [5.74, 6) is 0.940. The molecule has 0 heterocycles. The van der Waals surface area contributed by atoms with Crippen LogP contribution in [0.25, 0.3) is 0 Å². The summed E-state index contributed by atoms with van der Waals surface area (Å²) in [6.07, 6.45) is 3.60. The molecule has 0 aliphatic heterocycles. The number of nitrogens with zero attached hydrogens (tertiary/aromatic N) is 1. The fourth-order valence-electron chi connectivity index (χ4n) is 1.51. The van der Waals surface area contributed by atoms with Crippen LogP contribution < -0.4 is 9.64 Å². The van der Waals surface area contributed by atoms with Crippen molar-refractivity contribution in [2.75, 3.05) is 25.1 Å². The van der Waals surface area contributed by atoms with Crippen molar-refractivity contribution in [1.29, 1.82) is 0 Å². The highest BCUT2D eigenvalue weighted by Gasteiger charge is 2.10. The van der Waals surface area contributed by atoms with Crippen molar-refractivity contribution in [2.24, 2.45) is 0 Å². The van der Waals surface area contributed by atoms with Gasteiger partial charge in [0.25, 0.3) is 0 Å². The van der Waals surface area contributed by atoms with Gasteiger partial charge in [-0.25, -0.2) is 0 Å². The Morgan fingerprint density at radius 2 is 1.94 bits per heavy atom. The van der Waals surface area contributed by atoms with E-state index in [9.17, 15) is 5.11 Å². The molecule has 0 aliphatic rings. The Labute approximate surface area is 96.3 Å². The largest absolute Gasteiger partial charge is 0.508 e. The van der Waals surface area contributed by atoms with Crippen LogP contribution in [0, 0.1) is 0 Å². The predicted octanol–water partition coefficient (Wildman–Crippen LogP) is 2.58. The average molecular weight is 219 g/mol. The molecule has 0 amide bonds. The zero-order chi connectivity index (χ0) is 12.0. The molecule has 0 unspecified atom stereocenters. The number of aromatic hydroxyl groups is 1. The van der Waals surface area contributed by atoms with Gasteiger partial charge in [0.05, 0.1) is 12.8 Å². The molecule has 0 bridgehead atoms. The standard InChI is InChI=1S/C13H17NO2/c1-4-8-14(9-5-2)12-10-11(15)6-7-13(12)16-3/h4-7,10,15H,1-2,8-9H2,3H3. The number of rotatable bonds is 6. The van der Waals surface area contributed by atoms with Gasteiger partial charge in [0.1, 0.15) is 11.5 Å². The highest BCUT2D eigenvalue weighted by molar-refractivity contribution is 5.62. The number of methoxy groups -OCH3 is 1. The van der Waals surface area contributed by atoms with Crippen molar-refractivity contribution in [3.05, 3.63) is 43.5 Å². The van der Waals surface area contributed by atoms with Crippen molar-refractivity contribution in [1.82, 2.24) is 0 Å². The zero-order valence-corrected chi connectivity index (χ0v) is 9.52. The Bertz CT molecular complexity index is 364. The lowest BCUT2D eigenvalue weighted by Crippen LogP contribution is -2.23. The molecule has 0 aliphatic carbocycles. The molecule has 0 saturated heterocycles. The van der Waals surface area contributed by atoms with Gasteiger partial charge in [0.15, 0.2) is 0 Å². The minimum atomic E-state index is 0.217. The van der Waals surface area contributed by atoms with Crippen LogP contribution in [0.2, 0.25) is 0 Å². The molecule has 0 spiro atoms. The number of phenols is 1. The molecule has 0 saturated carbocycles. The van der Waals surface area contributed by atoms with E-state index in [1.807, 2.05) is 4.90 Å². The molecule has 1 rings (SSSR count). The zero-order valence-electron chi connectivity index (χ0n) is 9.52. The van der Waals surface area contributed by atoms with Gasteiger partial charge in [-0.05, 0) is 12.1 Å². The number of hydrogen-bond acceptors (Lipinski definition) is 3. The smallest absolute Gasteiger partial charge is 0.142 e. The molecule has 86 valence electrons. The summed E-state index contributed by atoms with van der Waals surface area (Å²) in [7, 11) is 1.61. The Hall–Kier alpha value is -1.90. The maximum Gasteiger partial charge on any atom is 0.142 e. The van der Waals surface area contributed by atoms with Crippen molar-refractivity contribution < 1.29 is 9.84 Å². The van der Waals surface area contributed by atoms with Gasteiger partial charge in [0.2, 0.25) is 0 Å². The van der Waals surface area contributed by atoms with Crippen LogP contribution in [0.3, 0.4) is 0 Å². The number of ether oxygens (including phenoxy) is 1. The highest BCUT2D eigenvalue weighted by Crippen LogP contribution is 2.31. The Morgan fingerprint density at radius 3 is 2.44 bits per heavy atom. The van der Waals surface area contributed by atoms with E-state index in [1.165, 1.54) is 0 Å². The van der Waals surface area contributed by atoms with Gasteiger partial charge in [0, 0.05) is 19.2 Å². The lowest BCUT2D eigenvalue weighted by atomic mass is 10.2. The topological polar surface area (TPSA) is 32.7 Å². The van der Waals surface area contributed by atoms with E-state index in [2.05, 4.69) is 13.2 Å². The van der Waals surface area contributed by atoms with E-state index in [-0.39, 0.29) is 5.75 Å². The predicted molar refractivity (Wildman–Crippen MR) is 67.3 cm³/mol. The van der Waals surface area contributed by atoms with Crippen molar-refractivity contribution >= 4 is 5.69 Å². The summed E-state index contributed by atoms with van der Waals surface area (Å²) in [6, 6.07) is 5.01. The molecule has 1 aromatic carbocycles. The molecule has 0 atom stereocenters. The summed E-state index contributed by atoms with van der Waals surface area (Å²) in [5, 5.41) is 9.48. The molecular weight excluding hydrogens is 202 g/mol. The van der Waals surface area contributed by atoms with Crippen molar-refractivity contribution in [2.45, 2.75) is 0 Å². The number of phenolic OH excluding ortho intramolecular Hbond substituents is 1. The van der Waals surface area contributed by atoms with Crippen LogP contribution >= 0.6 is 0 Å². The van der Waals surface area contributed by atoms with E-state index < -0.39 is 0 Å². The van der Waals surface area contributed by atoms with Crippen LogP contribution in [-0.4, -0.2) is 25.3 Å². The normalized spacial score (nSPS) is 9.56. The summed E-state index contributed by atoms with van der Waals surface area (Å²) < 4.78 is 5.25. The van der Waals surface area contributed by atoms with Crippen LogP contribution in [0.4, 0.5) is 5.69 Å². The first-order valence-electron chi connectivity index (χ1n) is 5.06. The fourth-order valence-corrected chi connectivity index (χ4v) is 1.51. The summed E-state index contributed by atoms with van der Waals surface area (Å²) >= 11 is 0. The molecule has 0 radical (unpaired) electrons. The molecule has 1 N–H and O–H groups in total.